The van der Waals surface area contributed by atoms with E-state index in [0.717, 1.165) is 74.9 Å². The van der Waals surface area contributed by atoms with Crippen molar-refractivity contribution < 1.29 is 28.7 Å². The third-order valence-electron chi connectivity index (χ3n) is 9.16. The number of benzene rings is 2. The van der Waals surface area contributed by atoms with Crippen LogP contribution in [0.15, 0.2) is 42.5 Å². The van der Waals surface area contributed by atoms with E-state index in [0.29, 0.717) is 22.6 Å². The van der Waals surface area contributed by atoms with Crippen LogP contribution in [0.25, 0.3) is 0 Å². The molecule has 0 radical (unpaired) electrons. The summed E-state index contributed by atoms with van der Waals surface area (Å²) in [5.41, 5.74) is 2.70. The van der Waals surface area contributed by atoms with Crippen molar-refractivity contribution in [3.8, 4) is 0 Å². The number of rotatable bonds is 6. The molecule has 0 aromatic heterocycles. The zero-order chi connectivity index (χ0) is 31.9. The highest BCUT2D eigenvalue weighted by Gasteiger charge is 2.44. The number of nitrogens with one attached hydrogen (secondary N) is 1. The highest BCUT2D eigenvalue weighted by atomic mass is 16.6. The van der Waals surface area contributed by atoms with Gasteiger partial charge in [-0.25, -0.2) is 4.79 Å². The number of amides is 4. The Kier molecular flexibility index (Phi) is 8.39. The highest BCUT2D eigenvalue weighted by molar-refractivity contribution is 6.23. The lowest BCUT2D eigenvalue weighted by Crippen LogP contribution is -2.54. The summed E-state index contributed by atoms with van der Waals surface area (Å²) in [7, 11) is 0. The second-order valence-corrected chi connectivity index (χ2v) is 13.4. The number of fused-ring (bicyclic) bond motifs is 1. The molecular weight excluding hydrogens is 574 g/mol. The van der Waals surface area contributed by atoms with Gasteiger partial charge in [-0.1, -0.05) is 0 Å². The molecule has 2 aromatic rings. The molecule has 238 valence electrons. The minimum absolute atomic E-state index is 0.102. The summed E-state index contributed by atoms with van der Waals surface area (Å²) in [6.45, 7) is 12.2. The molecule has 11 nitrogen and oxygen atoms in total. The van der Waals surface area contributed by atoms with E-state index in [2.05, 4.69) is 20.0 Å². The summed E-state index contributed by atoms with van der Waals surface area (Å²) in [6.07, 6.45) is 2.33. The minimum Gasteiger partial charge on any atom is -0.456 e. The van der Waals surface area contributed by atoms with E-state index in [4.69, 9.17) is 4.74 Å². The number of piperidine rings is 2. The number of carbonyl (C=O) groups is 5. The molecule has 6 rings (SSSR count). The van der Waals surface area contributed by atoms with E-state index in [1.54, 1.807) is 12.1 Å². The zero-order valence-corrected chi connectivity index (χ0v) is 26.2. The predicted octanol–water partition coefficient (Wildman–Crippen LogP) is 3.08. The minimum atomic E-state index is -0.958. The van der Waals surface area contributed by atoms with Gasteiger partial charge < -0.3 is 14.5 Å². The Morgan fingerprint density at radius 2 is 1.42 bits per heavy atom. The van der Waals surface area contributed by atoms with E-state index in [1.807, 2.05) is 51.1 Å². The molecule has 3 saturated heterocycles. The SMILES string of the molecule is CC(C)(C)OC(=O)c1ccc(N2CCN(CC3CCN(c4ccc5c(c4)C(=O)N(C4CCC(=O)NC4=O)C5=O)CC3)CC2)cc1. The van der Waals surface area contributed by atoms with Gasteiger partial charge in [0.25, 0.3) is 11.8 Å². The lowest BCUT2D eigenvalue weighted by molar-refractivity contribution is -0.136. The number of anilines is 2. The summed E-state index contributed by atoms with van der Waals surface area (Å²) in [5, 5.41) is 2.24. The van der Waals surface area contributed by atoms with Crippen LogP contribution in [0.4, 0.5) is 11.4 Å². The fourth-order valence-corrected chi connectivity index (χ4v) is 6.73. The smallest absolute Gasteiger partial charge is 0.338 e. The second-order valence-electron chi connectivity index (χ2n) is 13.4. The maximum Gasteiger partial charge on any atom is 0.338 e. The molecule has 4 aliphatic heterocycles. The molecule has 45 heavy (non-hydrogen) atoms. The molecule has 1 atom stereocenters. The molecule has 0 spiro atoms. The van der Waals surface area contributed by atoms with Crippen molar-refractivity contribution in [3.05, 3.63) is 59.2 Å². The normalized spacial score (nSPS) is 21.7. The number of hydrogen-bond donors (Lipinski definition) is 1. The third kappa shape index (κ3) is 6.58. The molecule has 0 saturated carbocycles. The molecule has 3 fully saturated rings. The van der Waals surface area contributed by atoms with Crippen molar-refractivity contribution >= 4 is 41.0 Å². The molecule has 2 aromatic carbocycles. The van der Waals surface area contributed by atoms with Gasteiger partial charge in [0.15, 0.2) is 0 Å². The van der Waals surface area contributed by atoms with Crippen LogP contribution in [0, 0.1) is 5.92 Å². The van der Waals surface area contributed by atoms with Crippen molar-refractivity contribution in [1.29, 1.82) is 0 Å². The first-order valence-electron chi connectivity index (χ1n) is 15.9. The number of imide groups is 2. The van der Waals surface area contributed by atoms with Crippen molar-refractivity contribution in [1.82, 2.24) is 15.1 Å². The van der Waals surface area contributed by atoms with E-state index in [9.17, 15) is 24.0 Å². The van der Waals surface area contributed by atoms with Crippen molar-refractivity contribution in [2.24, 2.45) is 5.92 Å². The van der Waals surface area contributed by atoms with Crippen LogP contribution in [0.1, 0.15) is 77.5 Å². The van der Waals surface area contributed by atoms with Crippen molar-refractivity contribution in [2.45, 2.75) is 58.1 Å². The van der Waals surface area contributed by atoms with Crippen LogP contribution in [-0.2, 0) is 14.3 Å². The summed E-state index contributed by atoms with van der Waals surface area (Å²) >= 11 is 0. The summed E-state index contributed by atoms with van der Waals surface area (Å²) < 4.78 is 5.47. The number of nitrogens with zero attached hydrogens (tertiary/aromatic N) is 4. The van der Waals surface area contributed by atoms with E-state index in [1.165, 1.54) is 0 Å². The van der Waals surface area contributed by atoms with Crippen LogP contribution in [0.2, 0.25) is 0 Å². The molecular formula is C34H41N5O6. The van der Waals surface area contributed by atoms with Crippen LogP contribution in [0.3, 0.4) is 0 Å². The van der Waals surface area contributed by atoms with E-state index >= 15 is 0 Å². The van der Waals surface area contributed by atoms with Crippen molar-refractivity contribution in [2.75, 3.05) is 55.6 Å². The zero-order valence-electron chi connectivity index (χ0n) is 26.2. The Labute approximate surface area is 263 Å². The van der Waals surface area contributed by atoms with E-state index < -0.39 is 29.4 Å². The number of ether oxygens (including phenoxy) is 1. The standard InChI is InChI=1S/C34H41N5O6/c1-34(2,3)45-33(44)23-4-6-24(7-5-23)38-18-16-36(17-19-38)21-22-12-14-37(15-13-22)25-8-9-26-27(20-25)32(43)39(31(26)42)28-10-11-29(40)35-30(28)41/h4-9,20,22,28H,10-19,21H2,1-3H3,(H,35,40,41). The van der Waals surface area contributed by atoms with Gasteiger partial charge in [-0.2, -0.15) is 0 Å². The number of carbonyl (C=O) groups excluding carboxylic acids is 5. The molecule has 4 amide bonds. The van der Waals surface area contributed by atoms with Gasteiger partial charge in [-0.05, 0) is 88.4 Å². The van der Waals surface area contributed by atoms with Crippen LogP contribution in [0.5, 0.6) is 0 Å². The first-order valence-corrected chi connectivity index (χ1v) is 15.9. The Morgan fingerprint density at radius 1 is 0.800 bits per heavy atom. The first-order chi connectivity index (χ1) is 21.5. The number of hydrogen-bond acceptors (Lipinski definition) is 9. The Balaban J connectivity index is 0.981. The molecule has 4 aliphatic rings. The lowest BCUT2D eigenvalue weighted by Gasteiger charge is -2.40. The molecule has 0 bridgehead atoms. The number of piperazine rings is 1. The third-order valence-corrected chi connectivity index (χ3v) is 9.16. The Morgan fingerprint density at radius 3 is 2.07 bits per heavy atom. The Hall–Kier alpha value is -4.25. The largest absolute Gasteiger partial charge is 0.456 e. The fraction of sp³-hybridized carbons (Fsp3) is 0.500. The summed E-state index contributed by atoms with van der Waals surface area (Å²) in [6, 6.07) is 12.1. The molecule has 4 heterocycles. The van der Waals surface area contributed by atoms with Crippen LogP contribution < -0.4 is 15.1 Å². The average molecular weight is 616 g/mol. The topological polar surface area (TPSA) is 120 Å². The van der Waals surface area contributed by atoms with Crippen LogP contribution in [-0.4, -0.2) is 96.9 Å². The van der Waals surface area contributed by atoms with Gasteiger partial charge >= 0.3 is 5.97 Å². The second kappa shape index (κ2) is 12.3. The van der Waals surface area contributed by atoms with Gasteiger partial charge in [0, 0.05) is 63.6 Å². The monoisotopic (exact) mass is 615 g/mol. The summed E-state index contributed by atoms with van der Waals surface area (Å²) in [5.74, 6) is -1.66. The molecule has 1 unspecified atom stereocenters. The van der Waals surface area contributed by atoms with Crippen LogP contribution >= 0.6 is 0 Å². The van der Waals surface area contributed by atoms with Gasteiger partial charge in [0.2, 0.25) is 11.8 Å². The molecule has 1 N–H and O–H groups in total. The molecule has 0 aliphatic carbocycles. The number of esters is 1. The molecule has 11 heteroatoms. The fourth-order valence-electron chi connectivity index (χ4n) is 6.73. The summed E-state index contributed by atoms with van der Waals surface area (Å²) in [4.78, 5) is 70.7. The average Bonchev–Trinajstić information content (AvgIpc) is 3.26. The van der Waals surface area contributed by atoms with E-state index in [-0.39, 0.29) is 24.7 Å². The Bertz CT molecular complexity index is 1500. The maximum atomic E-state index is 13.2. The highest BCUT2D eigenvalue weighted by Crippen LogP contribution is 2.32. The van der Waals surface area contributed by atoms with Gasteiger partial charge in [0.1, 0.15) is 11.6 Å². The van der Waals surface area contributed by atoms with Gasteiger partial charge in [-0.3, -0.25) is 34.3 Å². The quantitative estimate of drug-likeness (QED) is 0.386. The predicted molar refractivity (Wildman–Crippen MR) is 168 cm³/mol. The lowest BCUT2D eigenvalue weighted by atomic mass is 9.95. The van der Waals surface area contributed by atoms with Crippen molar-refractivity contribution in [3.63, 3.8) is 0 Å². The van der Waals surface area contributed by atoms with Gasteiger partial charge in [0.05, 0.1) is 16.7 Å². The van der Waals surface area contributed by atoms with Gasteiger partial charge in [-0.15, -0.1) is 0 Å². The first kappa shape index (κ1) is 30.8. The maximum absolute atomic E-state index is 13.2.